The minimum Gasteiger partial charge on any atom is -0.370 e. The SMILES string of the molecule is CCn1ncc(Cl)c1C(=O)C(CC)(CC)OC. The van der Waals surface area contributed by atoms with Crippen molar-refractivity contribution in [3.63, 3.8) is 0 Å². The second kappa shape index (κ2) is 5.65. The van der Waals surface area contributed by atoms with E-state index in [4.69, 9.17) is 16.3 Å². The van der Waals surface area contributed by atoms with Crippen molar-refractivity contribution in [2.75, 3.05) is 7.11 Å². The van der Waals surface area contributed by atoms with Crippen LogP contribution >= 0.6 is 11.6 Å². The van der Waals surface area contributed by atoms with E-state index in [2.05, 4.69) is 5.10 Å². The first-order valence-corrected chi connectivity index (χ1v) is 6.25. The molecule has 0 atom stereocenters. The summed E-state index contributed by atoms with van der Waals surface area (Å²) >= 11 is 6.04. The highest BCUT2D eigenvalue weighted by molar-refractivity contribution is 6.34. The highest BCUT2D eigenvalue weighted by atomic mass is 35.5. The number of aromatic nitrogens is 2. The van der Waals surface area contributed by atoms with E-state index >= 15 is 0 Å². The lowest BCUT2D eigenvalue weighted by atomic mass is 9.90. The average molecular weight is 259 g/mol. The van der Waals surface area contributed by atoms with Crippen LogP contribution in [0.4, 0.5) is 0 Å². The van der Waals surface area contributed by atoms with Gasteiger partial charge in [0.15, 0.2) is 0 Å². The van der Waals surface area contributed by atoms with E-state index in [9.17, 15) is 4.79 Å². The van der Waals surface area contributed by atoms with Crippen LogP contribution < -0.4 is 0 Å². The smallest absolute Gasteiger partial charge is 0.214 e. The maximum absolute atomic E-state index is 12.6. The molecule has 0 bridgehead atoms. The van der Waals surface area contributed by atoms with Gasteiger partial charge >= 0.3 is 0 Å². The molecule has 1 heterocycles. The number of hydrogen-bond acceptors (Lipinski definition) is 3. The minimum absolute atomic E-state index is 0.0886. The molecule has 5 heteroatoms. The largest absolute Gasteiger partial charge is 0.370 e. The fourth-order valence-corrected chi connectivity index (χ4v) is 2.22. The van der Waals surface area contributed by atoms with Crippen molar-refractivity contribution >= 4 is 17.4 Å². The summed E-state index contributed by atoms with van der Waals surface area (Å²) in [7, 11) is 1.56. The number of halogens is 1. The lowest BCUT2D eigenvalue weighted by Crippen LogP contribution is -2.40. The van der Waals surface area contributed by atoms with Crippen LogP contribution in [-0.4, -0.2) is 28.3 Å². The lowest BCUT2D eigenvalue weighted by molar-refractivity contribution is -0.00342. The summed E-state index contributed by atoms with van der Waals surface area (Å²) in [6, 6.07) is 0. The summed E-state index contributed by atoms with van der Waals surface area (Å²) in [5.41, 5.74) is -0.351. The molecule has 0 aliphatic heterocycles. The molecule has 0 saturated carbocycles. The number of aryl methyl sites for hydroxylation is 1. The molecule has 0 aliphatic rings. The molecule has 1 rings (SSSR count). The van der Waals surface area contributed by atoms with Crippen LogP contribution in [0.25, 0.3) is 0 Å². The molecular weight excluding hydrogens is 240 g/mol. The van der Waals surface area contributed by atoms with Crippen molar-refractivity contribution in [3.8, 4) is 0 Å². The van der Waals surface area contributed by atoms with E-state index in [1.54, 1.807) is 11.8 Å². The van der Waals surface area contributed by atoms with Gasteiger partial charge in [-0.3, -0.25) is 9.48 Å². The number of ketones is 1. The van der Waals surface area contributed by atoms with Crippen molar-refractivity contribution in [1.29, 1.82) is 0 Å². The van der Waals surface area contributed by atoms with Gasteiger partial charge in [-0.1, -0.05) is 25.4 Å². The van der Waals surface area contributed by atoms with Crippen molar-refractivity contribution in [1.82, 2.24) is 9.78 Å². The third-order valence-electron chi connectivity index (χ3n) is 3.26. The molecule has 96 valence electrons. The second-order valence-corrected chi connectivity index (χ2v) is 4.30. The van der Waals surface area contributed by atoms with Gasteiger partial charge in [0, 0.05) is 13.7 Å². The Labute approximate surface area is 107 Å². The van der Waals surface area contributed by atoms with Gasteiger partial charge < -0.3 is 4.74 Å². The van der Waals surface area contributed by atoms with Crippen LogP contribution in [0.5, 0.6) is 0 Å². The van der Waals surface area contributed by atoms with Crippen LogP contribution in [0.2, 0.25) is 5.02 Å². The van der Waals surface area contributed by atoms with E-state index in [0.717, 1.165) is 0 Å². The molecule has 0 radical (unpaired) electrons. The lowest BCUT2D eigenvalue weighted by Gasteiger charge is -2.28. The average Bonchev–Trinajstić information content (AvgIpc) is 2.73. The number of carbonyl (C=O) groups excluding carboxylic acids is 1. The van der Waals surface area contributed by atoms with E-state index in [1.807, 2.05) is 20.8 Å². The van der Waals surface area contributed by atoms with Crippen LogP contribution in [-0.2, 0) is 11.3 Å². The minimum atomic E-state index is -0.795. The van der Waals surface area contributed by atoms with Crippen LogP contribution in [0, 0.1) is 0 Å². The zero-order valence-electron chi connectivity index (χ0n) is 10.8. The molecule has 0 unspecified atom stereocenters. The molecule has 1 aromatic heterocycles. The van der Waals surface area contributed by atoms with Gasteiger partial charge in [0.25, 0.3) is 0 Å². The fourth-order valence-electron chi connectivity index (χ4n) is 2.00. The predicted molar refractivity (Wildman–Crippen MR) is 67.6 cm³/mol. The van der Waals surface area contributed by atoms with Gasteiger partial charge in [0.2, 0.25) is 5.78 Å². The van der Waals surface area contributed by atoms with Crippen molar-refractivity contribution in [2.45, 2.75) is 45.8 Å². The third kappa shape index (κ3) is 2.38. The van der Waals surface area contributed by atoms with Crippen molar-refractivity contribution in [2.24, 2.45) is 0 Å². The highest BCUT2D eigenvalue weighted by Gasteiger charge is 2.38. The van der Waals surface area contributed by atoms with Gasteiger partial charge in [0.05, 0.1) is 11.2 Å². The van der Waals surface area contributed by atoms with Crippen LogP contribution in [0.3, 0.4) is 0 Å². The zero-order chi connectivity index (χ0) is 13.1. The summed E-state index contributed by atoms with van der Waals surface area (Å²) in [6.07, 6.45) is 2.73. The standard InChI is InChI=1S/C12H19ClN2O2/c1-5-12(6-2,17-4)11(16)10-9(13)8-14-15(10)7-3/h8H,5-7H2,1-4H3. The third-order valence-corrected chi connectivity index (χ3v) is 3.53. The molecule has 17 heavy (non-hydrogen) atoms. The Morgan fingerprint density at radius 2 is 2.06 bits per heavy atom. The van der Waals surface area contributed by atoms with Crippen molar-refractivity contribution < 1.29 is 9.53 Å². The monoisotopic (exact) mass is 258 g/mol. The van der Waals surface area contributed by atoms with Gasteiger partial charge in [0.1, 0.15) is 11.3 Å². The van der Waals surface area contributed by atoms with Crippen LogP contribution in [0.15, 0.2) is 6.20 Å². The Morgan fingerprint density at radius 3 is 2.47 bits per heavy atom. The predicted octanol–water partition coefficient (Wildman–Crippen LogP) is 2.94. The molecule has 0 spiro atoms. The molecule has 1 aromatic rings. The first-order valence-electron chi connectivity index (χ1n) is 5.87. The molecule has 0 saturated heterocycles. The quantitative estimate of drug-likeness (QED) is 0.737. The van der Waals surface area contributed by atoms with Gasteiger partial charge in [-0.2, -0.15) is 5.10 Å². The number of methoxy groups -OCH3 is 1. The molecule has 0 aromatic carbocycles. The summed E-state index contributed by atoms with van der Waals surface area (Å²) in [5, 5.41) is 4.47. The Bertz CT molecular complexity index is 389. The summed E-state index contributed by atoms with van der Waals surface area (Å²) in [4.78, 5) is 12.6. The van der Waals surface area contributed by atoms with Crippen LogP contribution in [0.1, 0.15) is 44.1 Å². The van der Waals surface area contributed by atoms with E-state index in [1.165, 1.54) is 6.20 Å². The molecular formula is C12H19ClN2O2. The summed E-state index contributed by atoms with van der Waals surface area (Å²) in [5.74, 6) is -0.0886. The molecule has 0 fully saturated rings. The number of rotatable bonds is 6. The maximum Gasteiger partial charge on any atom is 0.214 e. The van der Waals surface area contributed by atoms with E-state index in [-0.39, 0.29) is 5.78 Å². The maximum atomic E-state index is 12.6. The number of nitrogens with zero attached hydrogens (tertiary/aromatic N) is 2. The number of Topliss-reactive ketones (excluding diaryl/α,β-unsaturated/α-hetero) is 1. The molecule has 4 nitrogen and oxygen atoms in total. The normalized spacial score (nSPS) is 11.8. The molecule has 0 N–H and O–H groups in total. The van der Waals surface area contributed by atoms with E-state index in [0.29, 0.717) is 30.1 Å². The first-order chi connectivity index (χ1) is 8.06. The Balaban J connectivity index is 3.22. The number of carbonyl (C=O) groups is 1. The van der Waals surface area contributed by atoms with E-state index < -0.39 is 5.60 Å². The first kappa shape index (κ1) is 14.2. The van der Waals surface area contributed by atoms with Gasteiger partial charge in [-0.05, 0) is 19.8 Å². The molecule has 0 amide bonds. The Hall–Kier alpha value is -0.870. The number of ether oxygens (including phenoxy) is 1. The highest BCUT2D eigenvalue weighted by Crippen LogP contribution is 2.28. The van der Waals surface area contributed by atoms with Gasteiger partial charge in [-0.15, -0.1) is 0 Å². The summed E-state index contributed by atoms with van der Waals surface area (Å²) < 4.78 is 7.04. The Kier molecular flexibility index (Phi) is 4.71. The summed E-state index contributed by atoms with van der Waals surface area (Å²) in [6.45, 7) is 6.41. The Morgan fingerprint density at radius 1 is 1.47 bits per heavy atom. The van der Waals surface area contributed by atoms with Gasteiger partial charge in [-0.25, -0.2) is 0 Å². The number of hydrogen-bond donors (Lipinski definition) is 0. The fraction of sp³-hybridized carbons (Fsp3) is 0.667. The topological polar surface area (TPSA) is 44.1 Å². The zero-order valence-corrected chi connectivity index (χ0v) is 11.5. The molecule has 0 aliphatic carbocycles. The van der Waals surface area contributed by atoms with Crippen molar-refractivity contribution in [3.05, 3.63) is 16.9 Å². The second-order valence-electron chi connectivity index (χ2n) is 3.89.